The van der Waals surface area contributed by atoms with Crippen LogP contribution in [0, 0.1) is 6.92 Å². The van der Waals surface area contributed by atoms with Crippen LogP contribution in [0.4, 0.5) is 5.69 Å². The molecule has 0 radical (unpaired) electrons. The van der Waals surface area contributed by atoms with Gasteiger partial charge in [-0.15, -0.1) is 0 Å². The Morgan fingerprint density at radius 3 is 2.45 bits per heavy atom. The lowest BCUT2D eigenvalue weighted by Gasteiger charge is -2.37. The summed E-state index contributed by atoms with van der Waals surface area (Å²) in [5.74, 6) is -0.0319. The molecule has 1 unspecified atom stereocenters. The van der Waals surface area contributed by atoms with Crippen LogP contribution in [-0.4, -0.2) is 43.0 Å². The molecule has 0 aliphatic carbocycles. The number of halogens is 1. The highest BCUT2D eigenvalue weighted by Gasteiger charge is 2.52. The summed E-state index contributed by atoms with van der Waals surface area (Å²) in [6.45, 7) is 4.79. The third-order valence-electron chi connectivity index (χ3n) is 6.63. The van der Waals surface area contributed by atoms with Gasteiger partial charge in [-0.2, -0.15) is 0 Å². The number of anilines is 1. The highest BCUT2D eigenvalue weighted by molar-refractivity contribution is 6.30. The van der Waals surface area contributed by atoms with E-state index in [0.29, 0.717) is 29.4 Å². The second-order valence-electron chi connectivity index (χ2n) is 8.68. The minimum absolute atomic E-state index is 0.00757. The number of aryl methyl sites for hydroxylation is 1. The molecule has 1 saturated heterocycles. The number of rotatable bonds is 4. The molecule has 33 heavy (non-hydrogen) atoms. The van der Waals surface area contributed by atoms with Crippen molar-refractivity contribution in [2.45, 2.75) is 18.8 Å². The van der Waals surface area contributed by atoms with Gasteiger partial charge in [0.2, 0.25) is 5.91 Å². The van der Waals surface area contributed by atoms with Crippen molar-refractivity contribution in [3.8, 4) is 5.75 Å². The smallest absolute Gasteiger partial charge is 0.327 e. The quantitative estimate of drug-likeness (QED) is 0.422. The third-order valence-corrected chi connectivity index (χ3v) is 6.87. The van der Waals surface area contributed by atoms with Gasteiger partial charge in [0.25, 0.3) is 0 Å². The molecular formula is C27H25ClN2O3. The summed E-state index contributed by atoms with van der Waals surface area (Å²) >= 11 is 6.29. The molecule has 0 bridgehead atoms. The van der Waals surface area contributed by atoms with Gasteiger partial charge < -0.3 is 14.5 Å². The Balaban J connectivity index is 1.41. The molecule has 1 atom stereocenters. The maximum absolute atomic E-state index is 13.5. The van der Waals surface area contributed by atoms with Gasteiger partial charge in [-0.25, -0.2) is 0 Å². The van der Waals surface area contributed by atoms with Crippen LogP contribution in [0.5, 0.6) is 5.75 Å². The van der Waals surface area contributed by atoms with E-state index in [1.165, 1.54) is 11.3 Å². The first-order valence-electron chi connectivity index (χ1n) is 11.1. The van der Waals surface area contributed by atoms with E-state index in [0.717, 1.165) is 18.7 Å². The molecule has 2 aliphatic rings. The zero-order valence-electron chi connectivity index (χ0n) is 18.5. The maximum Gasteiger partial charge on any atom is 0.327 e. The Bertz CT molecular complexity index is 1200. The van der Waals surface area contributed by atoms with Crippen LogP contribution in [0.15, 0.2) is 72.8 Å². The lowest BCUT2D eigenvalue weighted by molar-refractivity contribution is -0.142. The molecule has 3 aromatic rings. The molecule has 0 aromatic heterocycles. The lowest BCUT2D eigenvalue weighted by atomic mass is 9.72. The summed E-state index contributed by atoms with van der Waals surface area (Å²) in [6, 6.07) is 22.9. The fourth-order valence-electron chi connectivity index (χ4n) is 4.86. The summed E-state index contributed by atoms with van der Waals surface area (Å²) in [5.41, 5.74) is 2.58. The second-order valence-corrected chi connectivity index (χ2v) is 9.12. The minimum Gasteiger partial charge on any atom is -0.425 e. The van der Waals surface area contributed by atoms with E-state index in [9.17, 15) is 9.59 Å². The van der Waals surface area contributed by atoms with Crippen LogP contribution in [0.2, 0.25) is 5.02 Å². The highest BCUT2D eigenvalue weighted by Crippen LogP contribution is 2.48. The molecule has 2 heterocycles. The van der Waals surface area contributed by atoms with Gasteiger partial charge in [0.15, 0.2) is 0 Å². The van der Waals surface area contributed by atoms with Crippen molar-refractivity contribution in [2.24, 2.45) is 0 Å². The molecule has 5 rings (SSSR count). The lowest BCUT2D eigenvalue weighted by Crippen LogP contribution is -2.51. The molecule has 3 aromatic carbocycles. The Hall–Kier alpha value is -3.31. The summed E-state index contributed by atoms with van der Waals surface area (Å²) in [4.78, 5) is 31.0. The van der Waals surface area contributed by atoms with Crippen molar-refractivity contribution in [1.82, 2.24) is 4.90 Å². The first-order chi connectivity index (χ1) is 16.0. The number of piperazine rings is 1. The Kier molecular flexibility index (Phi) is 5.59. The first-order valence-corrected chi connectivity index (χ1v) is 11.5. The summed E-state index contributed by atoms with van der Waals surface area (Å²) in [5, 5.41) is 0.506. The van der Waals surface area contributed by atoms with Crippen molar-refractivity contribution in [2.75, 3.05) is 31.1 Å². The number of nitrogens with zero attached hydrogens (tertiary/aromatic N) is 2. The minimum atomic E-state index is -1.20. The number of carbonyl (C=O) groups excluding carboxylic acids is 2. The Morgan fingerprint density at radius 1 is 0.970 bits per heavy atom. The largest absolute Gasteiger partial charge is 0.425 e. The van der Waals surface area contributed by atoms with Crippen molar-refractivity contribution in [1.29, 1.82) is 0 Å². The van der Waals surface area contributed by atoms with Gasteiger partial charge in [-0.3, -0.25) is 9.59 Å². The molecule has 0 spiro atoms. The number of benzene rings is 3. The van der Waals surface area contributed by atoms with Crippen LogP contribution in [0.3, 0.4) is 0 Å². The molecule has 168 valence electrons. The fourth-order valence-corrected chi connectivity index (χ4v) is 5.04. The van der Waals surface area contributed by atoms with E-state index >= 15 is 0 Å². The Labute approximate surface area is 198 Å². The topological polar surface area (TPSA) is 49.9 Å². The van der Waals surface area contributed by atoms with E-state index in [1.807, 2.05) is 35.2 Å². The predicted octanol–water partition coefficient (Wildman–Crippen LogP) is 4.59. The van der Waals surface area contributed by atoms with Crippen LogP contribution in [0.25, 0.3) is 0 Å². The molecule has 5 nitrogen and oxygen atoms in total. The predicted molar refractivity (Wildman–Crippen MR) is 129 cm³/mol. The van der Waals surface area contributed by atoms with Gasteiger partial charge in [-0.05, 0) is 48.4 Å². The zero-order valence-corrected chi connectivity index (χ0v) is 19.2. The average molecular weight is 461 g/mol. The number of carbonyl (C=O) groups is 2. The van der Waals surface area contributed by atoms with Crippen LogP contribution >= 0.6 is 11.6 Å². The third kappa shape index (κ3) is 3.87. The van der Waals surface area contributed by atoms with E-state index in [4.69, 9.17) is 16.3 Å². The van der Waals surface area contributed by atoms with Crippen LogP contribution < -0.4 is 9.64 Å². The molecule has 2 aliphatic heterocycles. The Morgan fingerprint density at radius 2 is 1.73 bits per heavy atom. The van der Waals surface area contributed by atoms with E-state index in [1.54, 1.807) is 18.2 Å². The number of amides is 1. The summed E-state index contributed by atoms with van der Waals surface area (Å²) in [6.07, 6.45) is 0.00757. The first kappa shape index (κ1) is 21.5. The molecular weight excluding hydrogens is 436 g/mol. The molecule has 6 heteroatoms. The summed E-state index contributed by atoms with van der Waals surface area (Å²) in [7, 11) is 0. The van der Waals surface area contributed by atoms with Crippen molar-refractivity contribution in [3.63, 3.8) is 0 Å². The molecule has 1 amide bonds. The SMILES string of the molecule is Cc1cccc(N2CCN(C(=O)CC3(c4ccccc4)C(=O)Oc4ccc(Cl)cc43)CC2)c1. The van der Waals surface area contributed by atoms with Gasteiger partial charge in [-0.1, -0.05) is 54.1 Å². The normalized spacial score (nSPS) is 19.9. The number of esters is 1. The van der Waals surface area contributed by atoms with Crippen LogP contribution in [-0.2, 0) is 15.0 Å². The highest BCUT2D eigenvalue weighted by atomic mass is 35.5. The van der Waals surface area contributed by atoms with Gasteiger partial charge in [0, 0.05) is 42.5 Å². The van der Waals surface area contributed by atoms with Gasteiger partial charge >= 0.3 is 5.97 Å². The number of ether oxygens (including phenoxy) is 1. The average Bonchev–Trinajstić information content (AvgIpc) is 3.11. The fraction of sp³-hybridized carbons (Fsp3) is 0.259. The second kappa shape index (κ2) is 8.56. The van der Waals surface area contributed by atoms with Crippen LogP contribution in [0.1, 0.15) is 23.1 Å². The van der Waals surface area contributed by atoms with Crippen molar-refractivity contribution >= 4 is 29.2 Å². The number of hydrogen-bond acceptors (Lipinski definition) is 4. The van der Waals surface area contributed by atoms with E-state index in [-0.39, 0.29) is 12.3 Å². The standard InChI is InChI=1S/C27H25ClN2O3/c1-19-6-5-9-22(16-19)29-12-14-30(15-13-29)25(31)18-27(20-7-3-2-4-8-20)23-17-21(28)10-11-24(23)33-26(27)32/h2-11,16-17H,12-15,18H2,1H3. The molecule has 1 fully saturated rings. The summed E-state index contributed by atoms with van der Waals surface area (Å²) < 4.78 is 5.63. The van der Waals surface area contributed by atoms with Gasteiger partial charge in [0.1, 0.15) is 11.2 Å². The number of fused-ring (bicyclic) bond motifs is 1. The van der Waals surface area contributed by atoms with Crippen molar-refractivity contribution in [3.05, 3.63) is 94.5 Å². The number of hydrogen-bond donors (Lipinski definition) is 0. The van der Waals surface area contributed by atoms with Crippen molar-refractivity contribution < 1.29 is 14.3 Å². The zero-order chi connectivity index (χ0) is 23.0. The molecule has 0 N–H and O–H groups in total. The monoisotopic (exact) mass is 460 g/mol. The maximum atomic E-state index is 13.5. The van der Waals surface area contributed by atoms with E-state index in [2.05, 4.69) is 36.1 Å². The molecule has 0 saturated carbocycles. The van der Waals surface area contributed by atoms with Gasteiger partial charge in [0.05, 0.1) is 6.42 Å². The van der Waals surface area contributed by atoms with E-state index < -0.39 is 11.4 Å².